The van der Waals surface area contributed by atoms with Crippen molar-refractivity contribution in [2.24, 2.45) is 0 Å². The molecule has 12 heavy (non-hydrogen) atoms. The molecule has 2 nitrogen and oxygen atoms in total. The first-order valence-electron chi connectivity index (χ1n) is 3.45. The minimum atomic E-state index is -4.24. The van der Waals surface area contributed by atoms with E-state index >= 15 is 0 Å². The Kier molecular flexibility index (Phi) is 3.74. The second-order valence-electron chi connectivity index (χ2n) is 2.69. The van der Waals surface area contributed by atoms with Gasteiger partial charge in [-0.25, -0.2) is 0 Å². The number of halogens is 3. The smallest absolute Gasteiger partial charge is 0.393 e. The molecule has 74 valence electrons. The first-order valence-corrected chi connectivity index (χ1v) is 5.84. The predicted molar refractivity (Wildman–Crippen MR) is 41.1 cm³/mol. The third kappa shape index (κ3) is 2.46. The Labute approximate surface area is 70.9 Å². The van der Waals surface area contributed by atoms with Crippen LogP contribution in [0.1, 0.15) is 6.92 Å². The average molecular weight is 202 g/mol. The van der Waals surface area contributed by atoms with Gasteiger partial charge in [0.15, 0.2) is 0 Å². The fourth-order valence-corrected chi connectivity index (χ4v) is 2.20. The zero-order chi connectivity index (χ0) is 9.99. The summed E-state index contributed by atoms with van der Waals surface area (Å²) in [5, 5.41) is 0. The van der Waals surface area contributed by atoms with Gasteiger partial charge in [-0.3, -0.25) is 0 Å². The van der Waals surface area contributed by atoms with Gasteiger partial charge in [0.2, 0.25) is 0 Å². The maximum absolute atomic E-state index is 12.2. The largest absolute Gasteiger partial charge is 0.397 e. The maximum Gasteiger partial charge on any atom is 0.393 e. The topological polar surface area (TPSA) is 18.5 Å². The Bertz CT molecular complexity index is 144. The average Bonchev–Trinajstić information content (AvgIpc) is 2.00. The molecule has 1 atom stereocenters. The summed E-state index contributed by atoms with van der Waals surface area (Å²) in [6.07, 6.45) is -4.24. The molecular formula is C6H13F3O2Si. The molecule has 0 aliphatic rings. The number of hydrogen-bond acceptors (Lipinski definition) is 2. The number of hydrogen-bond donors (Lipinski definition) is 0. The highest BCUT2D eigenvalue weighted by Crippen LogP contribution is 2.38. The Morgan fingerprint density at radius 3 is 1.58 bits per heavy atom. The predicted octanol–water partition coefficient (Wildman–Crippen LogP) is 2.30. The second kappa shape index (κ2) is 3.76. The van der Waals surface area contributed by atoms with Gasteiger partial charge in [0.25, 0.3) is 0 Å². The van der Waals surface area contributed by atoms with E-state index in [1.165, 1.54) is 20.8 Å². The van der Waals surface area contributed by atoms with Crippen molar-refractivity contribution in [1.29, 1.82) is 0 Å². The van der Waals surface area contributed by atoms with E-state index in [1.807, 2.05) is 0 Å². The molecule has 0 aliphatic carbocycles. The summed E-state index contributed by atoms with van der Waals surface area (Å²) < 4.78 is 46.1. The molecule has 0 spiro atoms. The Morgan fingerprint density at radius 1 is 1.17 bits per heavy atom. The van der Waals surface area contributed by atoms with E-state index in [2.05, 4.69) is 0 Å². The van der Waals surface area contributed by atoms with Crippen LogP contribution in [0, 0.1) is 0 Å². The highest BCUT2D eigenvalue weighted by molar-refractivity contribution is 6.67. The van der Waals surface area contributed by atoms with Gasteiger partial charge in [0.1, 0.15) is 0 Å². The van der Waals surface area contributed by atoms with Crippen LogP contribution >= 0.6 is 0 Å². The first-order chi connectivity index (χ1) is 5.28. The lowest BCUT2D eigenvalue weighted by Gasteiger charge is -2.30. The van der Waals surface area contributed by atoms with Crippen LogP contribution in [0.4, 0.5) is 13.2 Å². The van der Waals surface area contributed by atoms with Gasteiger partial charge in [-0.15, -0.1) is 0 Å². The van der Waals surface area contributed by atoms with Crippen LogP contribution < -0.4 is 0 Å². The number of alkyl halides is 3. The van der Waals surface area contributed by atoms with Crippen molar-refractivity contribution in [2.75, 3.05) is 14.2 Å². The summed E-state index contributed by atoms with van der Waals surface area (Å²) in [5.41, 5.74) is -1.51. The minimum absolute atomic E-state index is 1.08. The third-order valence-electron chi connectivity index (χ3n) is 2.09. The van der Waals surface area contributed by atoms with E-state index in [1.54, 1.807) is 0 Å². The van der Waals surface area contributed by atoms with Crippen molar-refractivity contribution in [3.05, 3.63) is 0 Å². The normalized spacial score (nSPS) is 16.2. The van der Waals surface area contributed by atoms with Crippen molar-refractivity contribution >= 4 is 8.56 Å². The summed E-state index contributed by atoms with van der Waals surface area (Å²) in [6.45, 7) is 2.48. The van der Waals surface area contributed by atoms with Gasteiger partial charge in [0, 0.05) is 14.2 Å². The summed E-state index contributed by atoms with van der Waals surface area (Å²) in [4.78, 5) is 0. The fraction of sp³-hybridized carbons (Fsp3) is 1.00. The highest BCUT2D eigenvalue weighted by atomic mass is 28.4. The van der Waals surface area contributed by atoms with E-state index in [9.17, 15) is 13.2 Å². The Balaban J connectivity index is 4.53. The molecule has 0 radical (unpaired) electrons. The SMILES string of the molecule is CO[Si](C)(OC)C(C)C(F)(F)F. The molecule has 1 unspecified atom stereocenters. The van der Waals surface area contributed by atoms with Crippen LogP contribution in [0.5, 0.6) is 0 Å². The van der Waals surface area contributed by atoms with Crippen LogP contribution in [0.25, 0.3) is 0 Å². The van der Waals surface area contributed by atoms with Crippen LogP contribution in [-0.2, 0) is 8.85 Å². The lowest BCUT2D eigenvalue weighted by Crippen LogP contribution is -2.46. The molecule has 0 amide bonds. The molecule has 0 heterocycles. The summed E-state index contributed by atoms with van der Waals surface area (Å²) in [5.74, 6) is 0. The zero-order valence-electron chi connectivity index (χ0n) is 7.53. The third-order valence-corrected chi connectivity index (χ3v) is 5.61. The zero-order valence-corrected chi connectivity index (χ0v) is 8.53. The van der Waals surface area contributed by atoms with Gasteiger partial charge in [0.05, 0.1) is 5.54 Å². The Hall–Kier alpha value is -0.0731. The molecule has 0 N–H and O–H groups in total. The van der Waals surface area contributed by atoms with Gasteiger partial charge in [-0.1, -0.05) is 6.92 Å². The van der Waals surface area contributed by atoms with E-state index < -0.39 is 20.3 Å². The lowest BCUT2D eigenvalue weighted by atomic mass is 10.5. The Morgan fingerprint density at radius 2 is 1.50 bits per heavy atom. The summed E-state index contributed by atoms with van der Waals surface area (Å²) in [6, 6.07) is 0. The van der Waals surface area contributed by atoms with Gasteiger partial charge in [-0.2, -0.15) is 13.2 Å². The summed E-state index contributed by atoms with van der Waals surface area (Å²) >= 11 is 0. The molecule has 0 aromatic heterocycles. The molecule has 0 saturated heterocycles. The molecule has 0 aromatic carbocycles. The van der Waals surface area contributed by atoms with Crippen molar-refractivity contribution in [1.82, 2.24) is 0 Å². The van der Waals surface area contributed by atoms with Crippen molar-refractivity contribution in [3.63, 3.8) is 0 Å². The highest BCUT2D eigenvalue weighted by Gasteiger charge is 2.52. The molecule has 0 rings (SSSR count). The molecule has 0 aromatic rings. The van der Waals surface area contributed by atoms with Gasteiger partial charge in [-0.05, 0) is 6.55 Å². The van der Waals surface area contributed by atoms with Gasteiger partial charge < -0.3 is 8.85 Å². The molecule has 0 aliphatic heterocycles. The van der Waals surface area contributed by atoms with Crippen molar-refractivity contribution < 1.29 is 22.0 Å². The molecule has 0 fully saturated rings. The van der Waals surface area contributed by atoms with Crippen LogP contribution in [0.15, 0.2) is 0 Å². The van der Waals surface area contributed by atoms with E-state index in [-0.39, 0.29) is 0 Å². The lowest BCUT2D eigenvalue weighted by molar-refractivity contribution is -0.138. The van der Waals surface area contributed by atoms with E-state index in [4.69, 9.17) is 8.85 Å². The van der Waals surface area contributed by atoms with Crippen LogP contribution in [0.2, 0.25) is 12.1 Å². The molecule has 6 heteroatoms. The number of rotatable bonds is 3. The van der Waals surface area contributed by atoms with E-state index in [0.29, 0.717) is 0 Å². The quantitative estimate of drug-likeness (QED) is 0.654. The van der Waals surface area contributed by atoms with E-state index in [0.717, 1.165) is 6.92 Å². The monoisotopic (exact) mass is 202 g/mol. The first kappa shape index (κ1) is 11.9. The van der Waals surface area contributed by atoms with Crippen molar-refractivity contribution in [3.8, 4) is 0 Å². The molecular weight excluding hydrogens is 189 g/mol. The van der Waals surface area contributed by atoms with Crippen LogP contribution in [-0.4, -0.2) is 29.0 Å². The summed E-state index contributed by atoms with van der Waals surface area (Å²) in [7, 11) is -0.565. The molecule has 0 saturated carbocycles. The standard InChI is InChI=1S/C6H13F3O2Si/c1-5(6(7,8)9)12(4,10-2)11-3/h5H,1-4H3. The maximum atomic E-state index is 12.2. The fourth-order valence-electron chi connectivity index (χ4n) is 0.734. The van der Waals surface area contributed by atoms with Crippen LogP contribution in [0.3, 0.4) is 0 Å². The second-order valence-corrected chi connectivity index (χ2v) is 6.40. The van der Waals surface area contributed by atoms with Crippen molar-refractivity contribution in [2.45, 2.75) is 25.2 Å². The minimum Gasteiger partial charge on any atom is -0.397 e. The van der Waals surface area contributed by atoms with Gasteiger partial charge >= 0.3 is 14.7 Å². The molecule has 0 bridgehead atoms.